The molecule has 0 spiro atoms. The minimum Gasteiger partial charge on any atom is -0.338 e. The molecular formula is C13H18N2O3S. The lowest BCUT2D eigenvalue weighted by Gasteiger charge is -2.24. The van der Waals surface area contributed by atoms with Crippen LogP contribution in [0.5, 0.6) is 0 Å². The van der Waals surface area contributed by atoms with E-state index in [4.69, 9.17) is 0 Å². The first-order chi connectivity index (χ1) is 8.80. The van der Waals surface area contributed by atoms with Crippen LogP contribution in [0.15, 0.2) is 12.1 Å². The number of aryl methyl sites for hydroxylation is 2. The molecule has 1 amide bonds. The van der Waals surface area contributed by atoms with Crippen molar-refractivity contribution in [3.63, 3.8) is 0 Å². The molecule has 0 aromatic carbocycles. The highest BCUT2D eigenvalue weighted by Crippen LogP contribution is 2.19. The van der Waals surface area contributed by atoms with Crippen LogP contribution in [-0.4, -0.2) is 48.8 Å². The third-order valence-electron chi connectivity index (χ3n) is 3.53. The molecule has 0 radical (unpaired) electrons. The van der Waals surface area contributed by atoms with Crippen molar-refractivity contribution in [3.8, 4) is 0 Å². The van der Waals surface area contributed by atoms with E-state index in [0.717, 1.165) is 5.69 Å². The number of pyridine rings is 1. The molecule has 2 heterocycles. The van der Waals surface area contributed by atoms with Gasteiger partial charge in [-0.05, 0) is 32.4 Å². The van der Waals surface area contributed by atoms with Crippen molar-refractivity contribution in [2.45, 2.75) is 26.3 Å². The number of hydrogen-bond acceptors (Lipinski definition) is 4. The smallest absolute Gasteiger partial charge is 0.255 e. The van der Waals surface area contributed by atoms with Crippen LogP contribution in [0.4, 0.5) is 0 Å². The molecule has 0 N–H and O–H groups in total. The first-order valence-electron chi connectivity index (χ1n) is 6.22. The summed E-state index contributed by atoms with van der Waals surface area (Å²) in [6.45, 7) is 3.66. The van der Waals surface area contributed by atoms with Crippen LogP contribution in [-0.2, 0) is 9.84 Å². The SMILES string of the molecule is Cc1ccc(C(=O)N(C)C2CCS(=O)(=O)C2)c(C)n1. The van der Waals surface area contributed by atoms with E-state index >= 15 is 0 Å². The molecule has 0 bridgehead atoms. The van der Waals surface area contributed by atoms with E-state index in [9.17, 15) is 13.2 Å². The van der Waals surface area contributed by atoms with Crippen molar-refractivity contribution in [1.82, 2.24) is 9.88 Å². The molecule has 1 aromatic heterocycles. The summed E-state index contributed by atoms with van der Waals surface area (Å²) in [5.41, 5.74) is 2.08. The van der Waals surface area contributed by atoms with Gasteiger partial charge >= 0.3 is 0 Å². The molecule has 0 aliphatic carbocycles. The summed E-state index contributed by atoms with van der Waals surface area (Å²) in [5, 5.41) is 0. The fourth-order valence-electron chi connectivity index (χ4n) is 2.35. The summed E-state index contributed by atoms with van der Waals surface area (Å²) >= 11 is 0. The molecule has 1 aliphatic rings. The Balaban J connectivity index is 2.20. The van der Waals surface area contributed by atoms with Crippen LogP contribution < -0.4 is 0 Å². The van der Waals surface area contributed by atoms with Gasteiger partial charge in [-0.15, -0.1) is 0 Å². The first-order valence-corrected chi connectivity index (χ1v) is 8.04. The zero-order valence-electron chi connectivity index (χ0n) is 11.4. The zero-order valence-corrected chi connectivity index (χ0v) is 12.2. The summed E-state index contributed by atoms with van der Waals surface area (Å²) in [7, 11) is -1.32. The largest absolute Gasteiger partial charge is 0.338 e. The highest BCUT2D eigenvalue weighted by molar-refractivity contribution is 7.91. The quantitative estimate of drug-likeness (QED) is 0.810. The summed E-state index contributed by atoms with van der Waals surface area (Å²) in [6.07, 6.45) is 0.517. The van der Waals surface area contributed by atoms with Gasteiger partial charge in [-0.2, -0.15) is 0 Å². The minimum absolute atomic E-state index is 0.0631. The van der Waals surface area contributed by atoms with Crippen LogP contribution in [0.25, 0.3) is 0 Å². The van der Waals surface area contributed by atoms with E-state index < -0.39 is 9.84 Å². The lowest BCUT2D eigenvalue weighted by molar-refractivity contribution is 0.0746. The number of sulfone groups is 1. The minimum atomic E-state index is -2.98. The number of aromatic nitrogens is 1. The van der Waals surface area contributed by atoms with Gasteiger partial charge in [0.25, 0.3) is 5.91 Å². The number of amides is 1. The van der Waals surface area contributed by atoms with Crippen molar-refractivity contribution in [1.29, 1.82) is 0 Å². The molecule has 5 nitrogen and oxygen atoms in total. The number of nitrogens with zero attached hydrogens (tertiary/aromatic N) is 2. The van der Waals surface area contributed by atoms with Gasteiger partial charge in [-0.25, -0.2) is 8.42 Å². The van der Waals surface area contributed by atoms with E-state index in [-0.39, 0.29) is 23.5 Å². The van der Waals surface area contributed by atoms with Crippen molar-refractivity contribution < 1.29 is 13.2 Å². The Kier molecular flexibility index (Phi) is 3.62. The molecule has 6 heteroatoms. The Hall–Kier alpha value is -1.43. The molecule has 2 rings (SSSR count). The van der Waals surface area contributed by atoms with Crippen molar-refractivity contribution >= 4 is 15.7 Å². The van der Waals surface area contributed by atoms with E-state index in [1.165, 1.54) is 4.90 Å². The lowest BCUT2D eigenvalue weighted by atomic mass is 10.1. The standard InChI is InChI=1S/C13H18N2O3S/c1-9-4-5-12(10(2)14-9)13(16)15(3)11-6-7-19(17,18)8-11/h4-5,11H,6-8H2,1-3H3. The second kappa shape index (κ2) is 4.92. The van der Waals surface area contributed by atoms with Crippen LogP contribution in [0, 0.1) is 13.8 Å². The number of rotatable bonds is 2. The van der Waals surface area contributed by atoms with Crippen molar-refractivity contribution in [2.75, 3.05) is 18.6 Å². The molecule has 1 atom stereocenters. The second-order valence-corrected chi connectivity index (χ2v) is 7.29. The van der Waals surface area contributed by atoms with Crippen LogP contribution in [0.3, 0.4) is 0 Å². The van der Waals surface area contributed by atoms with Gasteiger partial charge < -0.3 is 4.90 Å². The van der Waals surface area contributed by atoms with Gasteiger partial charge in [0, 0.05) is 18.8 Å². The van der Waals surface area contributed by atoms with Crippen LogP contribution in [0.1, 0.15) is 28.2 Å². The van der Waals surface area contributed by atoms with Gasteiger partial charge in [0.15, 0.2) is 9.84 Å². The van der Waals surface area contributed by atoms with E-state index in [2.05, 4.69) is 4.98 Å². The monoisotopic (exact) mass is 282 g/mol. The Morgan fingerprint density at radius 1 is 1.37 bits per heavy atom. The lowest BCUT2D eigenvalue weighted by Crippen LogP contribution is -2.38. The average Bonchev–Trinajstić information content (AvgIpc) is 2.68. The predicted octanol–water partition coefficient (Wildman–Crippen LogP) is 0.958. The second-order valence-electron chi connectivity index (χ2n) is 5.06. The van der Waals surface area contributed by atoms with E-state index in [0.29, 0.717) is 17.7 Å². The molecule has 1 aromatic rings. The number of carbonyl (C=O) groups excluding carboxylic acids is 1. The number of hydrogen-bond donors (Lipinski definition) is 0. The van der Waals surface area contributed by atoms with E-state index in [1.54, 1.807) is 26.1 Å². The topological polar surface area (TPSA) is 67.3 Å². The maximum absolute atomic E-state index is 12.4. The first kappa shape index (κ1) is 14.0. The van der Waals surface area contributed by atoms with Gasteiger partial charge in [0.05, 0.1) is 22.8 Å². The maximum atomic E-state index is 12.4. The van der Waals surface area contributed by atoms with Crippen molar-refractivity contribution in [2.24, 2.45) is 0 Å². The number of carbonyl (C=O) groups is 1. The molecule has 1 fully saturated rings. The highest BCUT2D eigenvalue weighted by Gasteiger charge is 2.33. The summed E-state index contributed by atoms with van der Waals surface area (Å²) in [6, 6.07) is 3.32. The molecule has 19 heavy (non-hydrogen) atoms. The fraction of sp³-hybridized carbons (Fsp3) is 0.538. The third kappa shape index (κ3) is 2.94. The molecular weight excluding hydrogens is 264 g/mol. The highest BCUT2D eigenvalue weighted by atomic mass is 32.2. The molecule has 0 saturated carbocycles. The van der Waals surface area contributed by atoms with Crippen LogP contribution in [0.2, 0.25) is 0 Å². The Morgan fingerprint density at radius 3 is 2.58 bits per heavy atom. The zero-order chi connectivity index (χ0) is 14.2. The average molecular weight is 282 g/mol. The van der Waals surface area contributed by atoms with Crippen LogP contribution >= 0.6 is 0 Å². The van der Waals surface area contributed by atoms with E-state index in [1.807, 2.05) is 6.92 Å². The summed E-state index contributed by atoms with van der Waals surface area (Å²) < 4.78 is 22.9. The van der Waals surface area contributed by atoms with Gasteiger partial charge in [-0.1, -0.05) is 0 Å². The van der Waals surface area contributed by atoms with Gasteiger partial charge in [0.2, 0.25) is 0 Å². The fourth-order valence-corrected chi connectivity index (χ4v) is 4.12. The summed E-state index contributed by atoms with van der Waals surface area (Å²) in [5.74, 6) is 0.0701. The Bertz CT molecular complexity index is 610. The molecule has 1 saturated heterocycles. The van der Waals surface area contributed by atoms with Gasteiger partial charge in [-0.3, -0.25) is 9.78 Å². The normalized spacial score (nSPS) is 21.3. The third-order valence-corrected chi connectivity index (χ3v) is 5.28. The Morgan fingerprint density at radius 2 is 2.05 bits per heavy atom. The predicted molar refractivity (Wildman–Crippen MR) is 72.9 cm³/mol. The molecule has 1 aliphatic heterocycles. The van der Waals surface area contributed by atoms with Gasteiger partial charge in [0.1, 0.15) is 0 Å². The summed E-state index contributed by atoms with van der Waals surface area (Å²) in [4.78, 5) is 18.2. The molecule has 1 unspecified atom stereocenters. The Labute approximate surface area is 113 Å². The maximum Gasteiger partial charge on any atom is 0.255 e. The van der Waals surface area contributed by atoms with Crippen molar-refractivity contribution in [3.05, 3.63) is 29.1 Å². The molecule has 104 valence electrons.